The summed E-state index contributed by atoms with van der Waals surface area (Å²) in [5.74, 6) is 1.89. The van der Waals surface area contributed by atoms with Gasteiger partial charge in [-0.1, -0.05) is 33.6 Å². The van der Waals surface area contributed by atoms with Gasteiger partial charge >= 0.3 is 0 Å². The van der Waals surface area contributed by atoms with Crippen LogP contribution in [0.5, 0.6) is 0 Å². The Morgan fingerprint density at radius 1 is 1.21 bits per heavy atom. The maximum absolute atomic E-state index is 3.75. The van der Waals surface area contributed by atoms with Gasteiger partial charge in [0.25, 0.3) is 0 Å². The first kappa shape index (κ1) is 15.1. The highest BCUT2D eigenvalue weighted by Crippen LogP contribution is 2.36. The minimum atomic E-state index is 0.699. The summed E-state index contributed by atoms with van der Waals surface area (Å²) in [5.41, 5.74) is 0. The van der Waals surface area contributed by atoms with Gasteiger partial charge in [-0.3, -0.25) is 0 Å². The lowest BCUT2D eigenvalue weighted by atomic mass is 9.93. The van der Waals surface area contributed by atoms with Crippen molar-refractivity contribution in [2.24, 2.45) is 11.8 Å². The predicted molar refractivity (Wildman–Crippen MR) is 86.0 cm³/mol. The molecular formula is C17H29NS. The van der Waals surface area contributed by atoms with E-state index in [4.69, 9.17) is 0 Å². The number of hydrogen-bond acceptors (Lipinski definition) is 2. The van der Waals surface area contributed by atoms with Crippen molar-refractivity contribution >= 4 is 11.3 Å². The zero-order chi connectivity index (χ0) is 13.7. The van der Waals surface area contributed by atoms with Crippen molar-refractivity contribution in [1.82, 2.24) is 5.32 Å². The summed E-state index contributed by atoms with van der Waals surface area (Å²) < 4.78 is 0. The van der Waals surface area contributed by atoms with Crippen LogP contribution in [0.3, 0.4) is 0 Å². The summed E-state index contributed by atoms with van der Waals surface area (Å²) in [6.45, 7) is 7.94. The second kappa shape index (κ2) is 7.44. The average Bonchev–Trinajstić information content (AvgIpc) is 3.06. The molecule has 0 saturated heterocycles. The molecular weight excluding hydrogens is 250 g/mol. The van der Waals surface area contributed by atoms with Gasteiger partial charge in [0.1, 0.15) is 0 Å². The van der Waals surface area contributed by atoms with Crippen molar-refractivity contribution in [3.63, 3.8) is 0 Å². The molecule has 1 nitrogen and oxygen atoms in total. The van der Waals surface area contributed by atoms with Crippen LogP contribution in [0.4, 0.5) is 0 Å². The first-order chi connectivity index (χ1) is 9.26. The van der Waals surface area contributed by atoms with Crippen LogP contribution in [0.25, 0.3) is 0 Å². The van der Waals surface area contributed by atoms with Crippen molar-refractivity contribution in [2.45, 2.75) is 65.3 Å². The molecule has 0 aromatic carbocycles. The Bertz CT molecular complexity index is 371. The van der Waals surface area contributed by atoms with Crippen molar-refractivity contribution in [2.75, 3.05) is 6.54 Å². The first-order valence-corrected chi connectivity index (χ1v) is 8.89. The molecule has 1 fully saturated rings. The fraction of sp³-hybridized carbons (Fsp3) is 0.765. The standard InChI is InChI=1S/C17H29NS/c1-4-13-7-8-14(11-13)17(18-6-3)12-16-10-9-15(5-2)19-16/h9-10,13-14,17-18H,4-8,11-12H2,1-3H3. The van der Waals surface area contributed by atoms with E-state index in [1.165, 1.54) is 43.4 Å². The monoisotopic (exact) mass is 279 g/mol. The van der Waals surface area contributed by atoms with Gasteiger partial charge in [-0.25, -0.2) is 0 Å². The molecule has 2 heteroatoms. The second-order valence-corrected chi connectivity index (χ2v) is 7.19. The highest BCUT2D eigenvalue weighted by molar-refractivity contribution is 7.11. The van der Waals surface area contributed by atoms with Gasteiger partial charge in [0.05, 0.1) is 0 Å². The Labute approximate surface area is 122 Å². The highest BCUT2D eigenvalue weighted by atomic mass is 32.1. The third-order valence-corrected chi connectivity index (χ3v) is 5.93. The van der Waals surface area contributed by atoms with Gasteiger partial charge in [-0.05, 0) is 56.2 Å². The topological polar surface area (TPSA) is 12.0 Å². The third-order valence-electron chi connectivity index (χ3n) is 4.68. The van der Waals surface area contributed by atoms with Crippen LogP contribution in [0.15, 0.2) is 12.1 Å². The Morgan fingerprint density at radius 2 is 2.00 bits per heavy atom. The van der Waals surface area contributed by atoms with Crippen molar-refractivity contribution in [3.8, 4) is 0 Å². The molecule has 0 amide bonds. The van der Waals surface area contributed by atoms with E-state index in [0.29, 0.717) is 6.04 Å². The van der Waals surface area contributed by atoms with E-state index in [-0.39, 0.29) is 0 Å². The predicted octanol–water partition coefficient (Wildman–Crippen LogP) is 4.66. The molecule has 19 heavy (non-hydrogen) atoms. The van der Waals surface area contributed by atoms with Crippen molar-refractivity contribution in [3.05, 3.63) is 21.9 Å². The SMILES string of the molecule is CCNC(Cc1ccc(CC)s1)C1CCC(CC)C1. The molecule has 1 heterocycles. The zero-order valence-corrected chi connectivity index (χ0v) is 13.6. The number of hydrogen-bond donors (Lipinski definition) is 1. The van der Waals surface area contributed by atoms with Gasteiger partial charge in [0.2, 0.25) is 0 Å². The molecule has 0 bridgehead atoms. The Balaban J connectivity index is 1.95. The summed E-state index contributed by atoms with van der Waals surface area (Å²) >= 11 is 2.01. The Hall–Kier alpha value is -0.340. The molecule has 108 valence electrons. The molecule has 1 aromatic rings. The van der Waals surface area contributed by atoms with Gasteiger partial charge in [0.15, 0.2) is 0 Å². The minimum absolute atomic E-state index is 0.699. The summed E-state index contributed by atoms with van der Waals surface area (Å²) in [5, 5.41) is 3.75. The van der Waals surface area contributed by atoms with E-state index in [9.17, 15) is 0 Å². The van der Waals surface area contributed by atoms with E-state index in [1.807, 2.05) is 11.3 Å². The maximum atomic E-state index is 3.75. The van der Waals surface area contributed by atoms with Crippen LogP contribution >= 0.6 is 11.3 Å². The molecule has 1 aliphatic rings. The van der Waals surface area contributed by atoms with E-state index in [2.05, 4.69) is 38.2 Å². The van der Waals surface area contributed by atoms with Gasteiger partial charge < -0.3 is 5.32 Å². The average molecular weight is 279 g/mol. The van der Waals surface area contributed by atoms with E-state index in [1.54, 1.807) is 4.88 Å². The maximum Gasteiger partial charge on any atom is 0.0144 e. The highest BCUT2D eigenvalue weighted by Gasteiger charge is 2.29. The Morgan fingerprint density at radius 3 is 2.58 bits per heavy atom. The van der Waals surface area contributed by atoms with Gasteiger partial charge in [-0.2, -0.15) is 0 Å². The fourth-order valence-electron chi connectivity index (χ4n) is 3.46. The third kappa shape index (κ3) is 4.06. The lowest BCUT2D eigenvalue weighted by Gasteiger charge is -2.24. The number of rotatable bonds is 7. The van der Waals surface area contributed by atoms with E-state index >= 15 is 0 Å². The quantitative estimate of drug-likeness (QED) is 0.765. The van der Waals surface area contributed by atoms with Crippen molar-refractivity contribution in [1.29, 1.82) is 0 Å². The van der Waals surface area contributed by atoms with Crippen LogP contribution in [0.2, 0.25) is 0 Å². The van der Waals surface area contributed by atoms with Crippen LogP contribution in [0, 0.1) is 11.8 Å². The minimum Gasteiger partial charge on any atom is -0.314 e. The summed E-state index contributed by atoms with van der Waals surface area (Å²) in [4.78, 5) is 3.10. The molecule has 0 aliphatic heterocycles. The summed E-state index contributed by atoms with van der Waals surface area (Å²) in [6, 6.07) is 5.36. The van der Waals surface area contributed by atoms with Crippen molar-refractivity contribution < 1.29 is 0 Å². The molecule has 0 spiro atoms. The van der Waals surface area contributed by atoms with Crippen LogP contribution in [-0.4, -0.2) is 12.6 Å². The molecule has 3 atom stereocenters. The summed E-state index contributed by atoms with van der Waals surface area (Å²) in [6.07, 6.45) is 8.11. The lowest BCUT2D eigenvalue weighted by molar-refractivity contribution is 0.350. The van der Waals surface area contributed by atoms with Crippen LogP contribution in [-0.2, 0) is 12.8 Å². The number of nitrogens with one attached hydrogen (secondary N) is 1. The molecule has 1 aromatic heterocycles. The lowest BCUT2D eigenvalue weighted by Crippen LogP contribution is -2.36. The van der Waals surface area contributed by atoms with Gasteiger partial charge in [0, 0.05) is 15.8 Å². The molecule has 3 unspecified atom stereocenters. The fourth-order valence-corrected chi connectivity index (χ4v) is 4.47. The molecule has 2 rings (SSSR count). The number of likely N-dealkylation sites (N-methyl/N-ethyl adjacent to an activating group) is 1. The van der Waals surface area contributed by atoms with E-state index < -0.39 is 0 Å². The largest absolute Gasteiger partial charge is 0.314 e. The molecule has 1 aliphatic carbocycles. The molecule has 0 radical (unpaired) electrons. The smallest absolute Gasteiger partial charge is 0.0144 e. The summed E-state index contributed by atoms with van der Waals surface area (Å²) in [7, 11) is 0. The zero-order valence-electron chi connectivity index (χ0n) is 12.7. The first-order valence-electron chi connectivity index (χ1n) is 8.07. The van der Waals surface area contributed by atoms with Crippen LogP contribution < -0.4 is 5.32 Å². The molecule has 1 saturated carbocycles. The normalized spacial score (nSPS) is 24.8. The van der Waals surface area contributed by atoms with Gasteiger partial charge in [-0.15, -0.1) is 11.3 Å². The Kier molecular flexibility index (Phi) is 5.90. The second-order valence-electron chi connectivity index (χ2n) is 5.94. The number of aryl methyl sites for hydroxylation is 1. The van der Waals surface area contributed by atoms with E-state index in [0.717, 1.165) is 18.4 Å². The number of thiophene rings is 1. The molecule has 1 N–H and O–H groups in total. The van der Waals surface area contributed by atoms with Crippen LogP contribution in [0.1, 0.15) is 56.2 Å².